The second-order valence-corrected chi connectivity index (χ2v) is 6.25. The average molecular weight is 354 g/mol. The molecule has 0 radical (unpaired) electrons. The Labute approximate surface area is 145 Å². The zero-order valence-corrected chi connectivity index (χ0v) is 15.1. The number of nitrogens with zero attached hydrogens (tertiary/aromatic N) is 1. The number of hydrogen-bond acceptors (Lipinski definition) is 6. The zero-order valence-electron chi connectivity index (χ0n) is 14.3. The van der Waals surface area contributed by atoms with Crippen molar-refractivity contribution in [3.63, 3.8) is 0 Å². The van der Waals surface area contributed by atoms with E-state index in [0.29, 0.717) is 36.1 Å². The highest BCUT2D eigenvalue weighted by molar-refractivity contribution is 8.00. The van der Waals surface area contributed by atoms with Crippen LogP contribution in [0.4, 0.5) is 0 Å². The summed E-state index contributed by atoms with van der Waals surface area (Å²) in [5.74, 6) is 2.08. The maximum absolute atomic E-state index is 12.2. The standard InChI is InChI=1S/C16H22N2O5S/c1-10(19)17-5-6-18-15(20)9-24-16(18)11-7-13(22-3)14(23-4)8-12(11)21-2/h7-8,16H,5-6,9H2,1-4H3,(H,17,19). The molecule has 1 heterocycles. The lowest BCUT2D eigenvalue weighted by molar-refractivity contribution is -0.128. The van der Waals surface area contributed by atoms with E-state index in [-0.39, 0.29) is 17.2 Å². The molecule has 0 bridgehead atoms. The molecule has 24 heavy (non-hydrogen) atoms. The van der Waals surface area contributed by atoms with Gasteiger partial charge in [-0.25, -0.2) is 0 Å². The normalized spacial score (nSPS) is 16.9. The van der Waals surface area contributed by atoms with E-state index in [9.17, 15) is 9.59 Å². The molecule has 1 atom stereocenters. The molecule has 1 unspecified atom stereocenters. The molecule has 1 aliphatic heterocycles. The van der Waals surface area contributed by atoms with Crippen LogP contribution >= 0.6 is 11.8 Å². The van der Waals surface area contributed by atoms with Crippen LogP contribution in [0.1, 0.15) is 17.9 Å². The second-order valence-electron chi connectivity index (χ2n) is 5.18. The van der Waals surface area contributed by atoms with Gasteiger partial charge >= 0.3 is 0 Å². The predicted octanol–water partition coefficient (Wildman–Crippen LogP) is 1.42. The Bertz CT molecular complexity index is 623. The van der Waals surface area contributed by atoms with Crippen LogP contribution in [0.2, 0.25) is 0 Å². The van der Waals surface area contributed by atoms with Crippen LogP contribution in [-0.4, -0.2) is 56.9 Å². The van der Waals surface area contributed by atoms with Gasteiger partial charge in [-0.1, -0.05) is 0 Å². The lowest BCUT2D eigenvalue weighted by Gasteiger charge is -2.26. The number of benzene rings is 1. The first-order valence-electron chi connectivity index (χ1n) is 7.47. The molecule has 1 N–H and O–H groups in total. The number of hydrogen-bond donors (Lipinski definition) is 1. The Morgan fingerprint density at radius 3 is 2.42 bits per heavy atom. The van der Waals surface area contributed by atoms with Gasteiger partial charge in [-0.2, -0.15) is 0 Å². The van der Waals surface area contributed by atoms with Crippen LogP contribution in [0.25, 0.3) is 0 Å². The predicted molar refractivity (Wildman–Crippen MR) is 91.7 cm³/mol. The molecule has 2 amide bonds. The highest BCUT2D eigenvalue weighted by Crippen LogP contribution is 2.46. The molecule has 1 aromatic carbocycles. The summed E-state index contributed by atoms with van der Waals surface area (Å²) in [6.45, 7) is 2.30. The van der Waals surface area contributed by atoms with E-state index in [4.69, 9.17) is 14.2 Å². The lowest BCUT2D eigenvalue weighted by Crippen LogP contribution is -2.36. The minimum atomic E-state index is -0.194. The molecule has 0 aromatic heterocycles. The van der Waals surface area contributed by atoms with E-state index in [1.807, 2.05) is 6.07 Å². The van der Waals surface area contributed by atoms with Gasteiger partial charge in [0.25, 0.3) is 0 Å². The molecule has 0 aliphatic carbocycles. The molecule has 1 aliphatic rings. The summed E-state index contributed by atoms with van der Waals surface area (Å²) >= 11 is 1.52. The van der Waals surface area contributed by atoms with E-state index in [1.54, 1.807) is 32.3 Å². The zero-order chi connectivity index (χ0) is 17.7. The summed E-state index contributed by atoms with van der Waals surface area (Å²) < 4.78 is 16.1. The number of methoxy groups -OCH3 is 3. The van der Waals surface area contributed by atoms with E-state index >= 15 is 0 Å². The van der Waals surface area contributed by atoms with Gasteiger partial charge in [0.05, 0.1) is 27.1 Å². The first-order chi connectivity index (χ1) is 11.5. The molecule has 132 valence electrons. The summed E-state index contributed by atoms with van der Waals surface area (Å²) in [4.78, 5) is 25.0. The summed E-state index contributed by atoms with van der Waals surface area (Å²) in [5.41, 5.74) is 0.842. The minimum absolute atomic E-state index is 0.0344. The maximum atomic E-state index is 12.2. The highest BCUT2D eigenvalue weighted by Gasteiger charge is 2.35. The highest BCUT2D eigenvalue weighted by atomic mass is 32.2. The number of nitrogens with one attached hydrogen (secondary N) is 1. The van der Waals surface area contributed by atoms with Crippen LogP contribution in [0.15, 0.2) is 12.1 Å². The first-order valence-corrected chi connectivity index (χ1v) is 8.52. The lowest BCUT2D eigenvalue weighted by atomic mass is 10.1. The summed E-state index contributed by atoms with van der Waals surface area (Å²) in [6, 6.07) is 3.59. The van der Waals surface area contributed by atoms with Crippen LogP contribution in [0, 0.1) is 0 Å². The van der Waals surface area contributed by atoms with Gasteiger partial charge in [0.1, 0.15) is 11.1 Å². The minimum Gasteiger partial charge on any atom is -0.496 e. The topological polar surface area (TPSA) is 77.1 Å². The molecule has 8 heteroatoms. The summed E-state index contributed by atoms with van der Waals surface area (Å²) in [5, 5.41) is 2.52. The Balaban J connectivity index is 2.30. The summed E-state index contributed by atoms with van der Waals surface area (Å²) in [7, 11) is 4.70. The van der Waals surface area contributed by atoms with Crippen molar-refractivity contribution < 1.29 is 23.8 Å². The Morgan fingerprint density at radius 2 is 1.83 bits per heavy atom. The largest absolute Gasteiger partial charge is 0.496 e. The van der Waals surface area contributed by atoms with Crippen LogP contribution < -0.4 is 19.5 Å². The molecule has 0 saturated carbocycles. The van der Waals surface area contributed by atoms with Gasteiger partial charge in [-0.3, -0.25) is 9.59 Å². The molecule has 1 aromatic rings. The maximum Gasteiger partial charge on any atom is 0.233 e. The number of ether oxygens (including phenoxy) is 3. The smallest absolute Gasteiger partial charge is 0.233 e. The van der Waals surface area contributed by atoms with Crippen molar-refractivity contribution in [2.45, 2.75) is 12.3 Å². The Morgan fingerprint density at radius 1 is 1.21 bits per heavy atom. The van der Waals surface area contributed by atoms with Crippen molar-refractivity contribution >= 4 is 23.6 Å². The van der Waals surface area contributed by atoms with E-state index < -0.39 is 0 Å². The van der Waals surface area contributed by atoms with Gasteiger partial charge in [0.15, 0.2) is 11.5 Å². The Kier molecular flexibility index (Phi) is 6.19. The Hall–Kier alpha value is -2.09. The third-order valence-electron chi connectivity index (χ3n) is 3.70. The quantitative estimate of drug-likeness (QED) is 0.798. The number of thioether (sulfide) groups is 1. The average Bonchev–Trinajstić information content (AvgIpc) is 2.94. The molecule has 0 spiro atoms. The van der Waals surface area contributed by atoms with Crippen molar-refractivity contribution in [1.82, 2.24) is 10.2 Å². The molecule has 7 nitrogen and oxygen atoms in total. The number of rotatable bonds is 7. The van der Waals surface area contributed by atoms with Gasteiger partial charge in [0.2, 0.25) is 11.8 Å². The van der Waals surface area contributed by atoms with E-state index in [1.165, 1.54) is 18.7 Å². The fourth-order valence-corrected chi connectivity index (χ4v) is 3.78. The number of carbonyl (C=O) groups is 2. The second kappa shape index (κ2) is 8.14. The summed E-state index contributed by atoms with van der Waals surface area (Å²) in [6.07, 6.45) is 0. The van der Waals surface area contributed by atoms with Crippen molar-refractivity contribution in [3.8, 4) is 17.2 Å². The van der Waals surface area contributed by atoms with Crippen LogP contribution in [0.5, 0.6) is 17.2 Å². The molecular formula is C16H22N2O5S. The fourth-order valence-electron chi connectivity index (χ4n) is 2.55. The fraction of sp³-hybridized carbons (Fsp3) is 0.500. The van der Waals surface area contributed by atoms with Gasteiger partial charge in [0, 0.05) is 31.6 Å². The number of amides is 2. The third-order valence-corrected chi connectivity index (χ3v) is 4.93. The molecular weight excluding hydrogens is 332 g/mol. The van der Waals surface area contributed by atoms with Crippen molar-refractivity contribution in [1.29, 1.82) is 0 Å². The van der Waals surface area contributed by atoms with E-state index in [2.05, 4.69) is 5.32 Å². The molecule has 2 rings (SSSR count). The van der Waals surface area contributed by atoms with Gasteiger partial charge < -0.3 is 24.4 Å². The van der Waals surface area contributed by atoms with Crippen molar-refractivity contribution in [3.05, 3.63) is 17.7 Å². The van der Waals surface area contributed by atoms with Gasteiger partial charge in [-0.05, 0) is 6.07 Å². The third kappa shape index (κ3) is 3.87. The van der Waals surface area contributed by atoms with Crippen LogP contribution in [-0.2, 0) is 9.59 Å². The molecule has 1 fully saturated rings. The van der Waals surface area contributed by atoms with Crippen molar-refractivity contribution in [2.75, 3.05) is 40.2 Å². The monoisotopic (exact) mass is 354 g/mol. The molecule has 1 saturated heterocycles. The SMILES string of the molecule is COc1cc(OC)c(C2SCC(=O)N2CCNC(C)=O)cc1OC. The first kappa shape index (κ1) is 18.3. The number of carbonyl (C=O) groups excluding carboxylic acids is 2. The van der Waals surface area contributed by atoms with E-state index in [0.717, 1.165) is 5.56 Å². The van der Waals surface area contributed by atoms with Gasteiger partial charge in [-0.15, -0.1) is 11.8 Å². The van der Waals surface area contributed by atoms with Crippen molar-refractivity contribution in [2.24, 2.45) is 0 Å². The van der Waals surface area contributed by atoms with Crippen LogP contribution in [0.3, 0.4) is 0 Å².